The van der Waals surface area contributed by atoms with Crippen molar-refractivity contribution < 1.29 is 24.2 Å². The number of rotatable bonds is 6. The summed E-state index contributed by atoms with van der Waals surface area (Å²) < 4.78 is 11.2. The van der Waals surface area contributed by atoms with Gasteiger partial charge in [-0.25, -0.2) is 9.59 Å². The number of halogens is 1. The monoisotopic (exact) mass is 481 g/mol. The number of fused-ring (bicyclic) bond motifs is 3. The van der Waals surface area contributed by atoms with Gasteiger partial charge >= 0.3 is 12.1 Å². The van der Waals surface area contributed by atoms with Crippen LogP contribution >= 0.6 is 15.9 Å². The number of ether oxygens (including phenoxy) is 2. The molecule has 0 fully saturated rings. The third-order valence-electron chi connectivity index (χ3n) is 5.37. The maximum atomic E-state index is 12.5. The summed E-state index contributed by atoms with van der Waals surface area (Å²) in [5.74, 6) is -0.828. The molecule has 3 aromatic rings. The molecule has 1 atom stereocenters. The van der Waals surface area contributed by atoms with E-state index in [1.165, 1.54) is 7.11 Å². The van der Waals surface area contributed by atoms with Crippen LogP contribution in [0.2, 0.25) is 0 Å². The molecule has 4 rings (SSSR count). The van der Waals surface area contributed by atoms with Crippen molar-refractivity contribution in [2.45, 2.75) is 12.0 Å². The fourth-order valence-corrected chi connectivity index (χ4v) is 4.38. The molecular formula is C24H20BrNO5. The largest absolute Gasteiger partial charge is 0.497 e. The number of carboxylic acid groups (broad SMARTS) is 1. The highest BCUT2D eigenvalue weighted by Gasteiger charge is 2.30. The highest BCUT2D eigenvalue weighted by Crippen LogP contribution is 2.44. The van der Waals surface area contributed by atoms with E-state index in [-0.39, 0.29) is 12.5 Å². The van der Waals surface area contributed by atoms with Crippen LogP contribution in [0.1, 0.15) is 28.7 Å². The van der Waals surface area contributed by atoms with Gasteiger partial charge in [0.15, 0.2) is 6.04 Å². The van der Waals surface area contributed by atoms with Crippen LogP contribution in [0, 0.1) is 0 Å². The lowest BCUT2D eigenvalue weighted by Crippen LogP contribution is -2.35. The molecule has 0 aromatic heterocycles. The van der Waals surface area contributed by atoms with E-state index in [9.17, 15) is 14.7 Å². The third kappa shape index (κ3) is 4.14. The number of carbonyl (C=O) groups is 2. The molecule has 0 saturated carbocycles. The second-order valence-electron chi connectivity index (χ2n) is 7.13. The molecular weight excluding hydrogens is 462 g/mol. The van der Waals surface area contributed by atoms with Gasteiger partial charge < -0.3 is 19.9 Å². The van der Waals surface area contributed by atoms with Crippen molar-refractivity contribution >= 4 is 28.0 Å². The molecule has 0 heterocycles. The molecule has 158 valence electrons. The van der Waals surface area contributed by atoms with Crippen molar-refractivity contribution in [1.29, 1.82) is 0 Å². The van der Waals surface area contributed by atoms with Gasteiger partial charge in [0.25, 0.3) is 0 Å². The van der Waals surface area contributed by atoms with E-state index in [1.807, 2.05) is 36.4 Å². The average molecular weight is 482 g/mol. The van der Waals surface area contributed by atoms with Crippen LogP contribution in [0.3, 0.4) is 0 Å². The number of aliphatic carboxylic acids is 1. The summed E-state index contributed by atoms with van der Waals surface area (Å²) in [6.45, 7) is 0.103. The van der Waals surface area contributed by atoms with Crippen LogP contribution in [0.4, 0.5) is 4.79 Å². The van der Waals surface area contributed by atoms with Crippen molar-refractivity contribution in [3.8, 4) is 16.9 Å². The lowest BCUT2D eigenvalue weighted by atomic mass is 9.98. The summed E-state index contributed by atoms with van der Waals surface area (Å²) in [6, 6.07) is 19.7. The number of hydrogen-bond donors (Lipinski definition) is 2. The van der Waals surface area contributed by atoms with E-state index in [0.29, 0.717) is 15.8 Å². The number of benzene rings is 3. The Morgan fingerprint density at radius 1 is 1.03 bits per heavy atom. The number of carbonyl (C=O) groups excluding carboxylic acids is 1. The Hall–Kier alpha value is -3.32. The Bertz CT molecular complexity index is 1100. The minimum absolute atomic E-state index is 0.103. The Morgan fingerprint density at radius 2 is 1.65 bits per heavy atom. The predicted octanol–water partition coefficient (Wildman–Crippen LogP) is 5.12. The van der Waals surface area contributed by atoms with Crippen LogP contribution in [-0.4, -0.2) is 30.9 Å². The zero-order valence-corrected chi connectivity index (χ0v) is 18.3. The molecule has 0 saturated heterocycles. The molecule has 2 N–H and O–H groups in total. The van der Waals surface area contributed by atoms with Gasteiger partial charge in [0, 0.05) is 16.0 Å². The molecule has 0 bridgehead atoms. The van der Waals surface area contributed by atoms with Gasteiger partial charge in [0.2, 0.25) is 0 Å². The van der Waals surface area contributed by atoms with E-state index >= 15 is 0 Å². The number of carboxylic acids is 1. The number of amides is 1. The number of nitrogens with one attached hydrogen (secondary N) is 1. The predicted molar refractivity (Wildman–Crippen MR) is 119 cm³/mol. The van der Waals surface area contributed by atoms with Crippen molar-refractivity contribution in [3.63, 3.8) is 0 Å². The number of methoxy groups -OCH3 is 1. The molecule has 1 aliphatic carbocycles. The highest BCUT2D eigenvalue weighted by molar-refractivity contribution is 9.10. The van der Waals surface area contributed by atoms with Crippen LogP contribution in [0.25, 0.3) is 11.1 Å². The quantitative estimate of drug-likeness (QED) is 0.510. The van der Waals surface area contributed by atoms with E-state index in [0.717, 1.165) is 22.3 Å². The maximum absolute atomic E-state index is 12.5. The lowest BCUT2D eigenvalue weighted by Gasteiger charge is -2.19. The average Bonchev–Trinajstić information content (AvgIpc) is 3.10. The van der Waals surface area contributed by atoms with Crippen molar-refractivity contribution in [1.82, 2.24) is 5.32 Å². The Balaban J connectivity index is 1.51. The fraction of sp³-hybridized carbons (Fsp3) is 0.167. The van der Waals surface area contributed by atoms with Gasteiger partial charge in [-0.3, -0.25) is 0 Å². The number of alkyl carbamates (subject to hydrolysis) is 1. The molecule has 1 aliphatic rings. The molecule has 1 unspecified atom stereocenters. The molecule has 0 spiro atoms. The zero-order valence-electron chi connectivity index (χ0n) is 16.7. The van der Waals surface area contributed by atoms with Crippen LogP contribution < -0.4 is 10.1 Å². The Morgan fingerprint density at radius 3 is 2.23 bits per heavy atom. The first-order chi connectivity index (χ1) is 15.0. The summed E-state index contributed by atoms with van der Waals surface area (Å²) in [5, 5.41) is 12.1. The topological polar surface area (TPSA) is 84.9 Å². The lowest BCUT2D eigenvalue weighted by molar-refractivity contribution is -0.139. The van der Waals surface area contributed by atoms with Gasteiger partial charge in [0.05, 0.1) is 7.11 Å². The number of hydrogen-bond acceptors (Lipinski definition) is 4. The van der Waals surface area contributed by atoms with E-state index in [2.05, 4.69) is 33.4 Å². The molecule has 0 aliphatic heterocycles. The molecule has 7 heteroatoms. The van der Waals surface area contributed by atoms with Crippen LogP contribution in [0.15, 0.2) is 71.2 Å². The van der Waals surface area contributed by atoms with Gasteiger partial charge in [-0.05, 0) is 40.5 Å². The maximum Gasteiger partial charge on any atom is 0.408 e. The summed E-state index contributed by atoms with van der Waals surface area (Å²) >= 11 is 3.34. The highest BCUT2D eigenvalue weighted by atomic mass is 79.9. The van der Waals surface area contributed by atoms with Gasteiger partial charge in [-0.2, -0.15) is 0 Å². The van der Waals surface area contributed by atoms with Crippen molar-refractivity contribution in [3.05, 3.63) is 87.9 Å². The second-order valence-corrected chi connectivity index (χ2v) is 7.98. The van der Waals surface area contributed by atoms with Gasteiger partial charge in [-0.1, -0.05) is 64.5 Å². The smallest absolute Gasteiger partial charge is 0.408 e. The van der Waals surface area contributed by atoms with E-state index in [1.54, 1.807) is 18.2 Å². The summed E-state index contributed by atoms with van der Waals surface area (Å²) in [6.07, 6.45) is -0.802. The second kappa shape index (κ2) is 8.81. The first-order valence-corrected chi connectivity index (χ1v) is 10.5. The first-order valence-electron chi connectivity index (χ1n) is 9.67. The Labute approximate surface area is 187 Å². The van der Waals surface area contributed by atoms with Crippen molar-refractivity contribution in [2.24, 2.45) is 0 Å². The zero-order chi connectivity index (χ0) is 22.0. The summed E-state index contributed by atoms with van der Waals surface area (Å²) in [5.41, 5.74) is 4.77. The fourth-order valence-electron chi connectivity index (χ4n) is 3.90. The molecule has 1 amide bonds. The standard InChI is InChI=1S/C24H20BrNO5/c1-30-14-10-11-21(25)19(12-14)22(23(27)28)26-24(29)31-13-20-17-8-4-2-6-15(17)16-7-3-5-9-18(16)20/h2-12,20,22H,13H2,1H3,(H,26,29)(H,27,28). The minimum Gasteiger partial charge on any atom is -0.497 e. The first kappa shape index (κ1) is 20.9. The third-order valence-corrected chi connectivity index (χ3v) is 6.09. The van der Waals surface area contributed by atoms with Gasteiger partial charge in [0.1, 0.15) is 12.4 Å². The van der Waals surface area contributed by atoms with Gasteiger partial charge in [-0.15, -0.1) is 0 Å². The minimum atomic E-state index is -1.29. The molecule has 0 radical (unpaired) electrons. The normalized spacial score (nSPS) is 13.1. The van der Waals surface area contributed by atoms with Crippen molar-refractivity contribution in [2.75, 3.05) is 13.7 Å². The summed E-state index contributed by atoms with van der Waals surface area (Å²) in [7, 11) is 1.49. The molecule has 31 heavy (non-hydrogen) atoms. The summed E-state index contributed by atoms with van der Waals surface area (Å²) in [4.78, 5) is 24.4. The Kier molecular flexibility index (Phi) is 5.95. The van der Waals surface area contributed by atoms with E-state index in [4.69, 9.17) is 9.47 Å². The van der Waals surface area contributed by atoms with Crippen LogP contribution in [0.5, 0.6) is 5.75 Å². The molecule has 3 aromatic carbocycles. The van der Waals surface area contributed by atoms with Crippen LogP contribution in [-0.2, 0) is 9.53 Å². The SMILES string of the molecule is COc1ccc(Br)c(C(NC(=O)OCC2c3ccccc3-c3ccccc32)C(=O)O)c1. The van der Waals surface area contributed by atoms with E-state index < -0.39 is 18.1 Å². The molecule has 6 nitrogen and oxygen atoms in total.